The number of rotatable bonds is 7. The van der Waals surface area contributed by atoms with Gasteiger partial charge in [0.1, 0.15) is 6.61 Å². The molecule has 154 valence electrons. The molecule has 1 aliphatic heterocycles. The van der Waals surface area contributed by atoms with Crippen molar-refractivity contribution in [2.45, 2.75) is 59.9 Å². The number of amides is 1. The van der Waals surface area contributed by atoms with E-state index in [2.05, 4.69) is 27.4 Å². The molecule has 1 fully saturated rings. The van der Waals surface area contributed by atoms with Crippen molar-refractivity contribution in [2.24, 2.45) is 11.3 Å². The van der Waals surface area contributed by atoms with Crippen molar-refractivity contribution in [3.63, 3.8) is 0 Å². The van der Waals surface area contributed by atoms with Crippen LogP contribution in [0.25, 0.3) is 0 Å². The second-order valence-corrected chi connectivity index (χ2v) is 10.6. The molecule has 27 heavy (non-hydrogen) atoms. The third-order valence-electron chi connectivity index (χ3n) is 4.65. The highest BCUT2D eigenvalue weighted by Gasteiger charge is 2.51. The van der Waals surface area contributed by atoms with Gasteiger partial charge in [-0.15, -0.1) is 0 Å². The molecule has 0 aromatic rings. The third-order valence-corrected chi connectivity index (χ3v) is 5.53. The van der Waals surface area contributed by atoms with E-state index in [0.717, 1.165) is 0 Å². The van der Waals surface area contributed by atoms with Crippen LogP contribution in [0.1, 0.15) is 41.0 Å². The third kappa shape index (κ3) is 6.21. The van der Waals surface area contributed by atoms with Gasteiger partial charge in [0, 0.05) is 18.5 Å². The molecular formula is C20H35NO5Si. The fourth-order valence-corrected chi connectivity index (χ4v) is 4.36. The maximum atomic E-state index is 12.8. The topological polar surface area (TPSA) is 65.1 Å². The number of likely N-dealkylation sites (tertiary alicyclic amines) is 1. The van der Waals surface area contributed by atoms with E-state index in [0.29, 0.717) is 25.1 Å². The van der Waals surface area contributed by atoms with E-state index < -0.39 is 26.8 Å². The Balaban J connectivity index is 3.38. The van der Waals surface area contributed by atoms with E-state index in [-0.39, 0.29) is 17.9 Å². The molecule has 2 atom stereocenters. The second-order valence-electron chi connectivity index (χ2n) is 8.30. The van der Waals surface area contributed by atoms with Gasteiger partial charge in [0.25, 0.3) is 0 Å². The molecule has 0 aromatic heterocycles. The molecule has 0 saturated carbocycles. The van der Waals surface area contributed by atoms with Gasteiger partial charge in [0.05, 0.1) is 6.61 Å². The highest BCUT2D eigenvalue weighted by atomic mass is 28.3. The number of ether oxygens (including phenoxy) is 2. The van der Waals surface area contributed by atoms with E-state index in [1.165, 1.54) is 6.08 Å². The Morgan fingerprint density at radius 2 is 1.93 bits per heavy atom. The van der Waals surface area contributed by atoms with Crippen LogP contribution >= 0.6 is 0 Å². The summed E-state index contributed by atoms with van der Waals surface area (Å²) in [5.41, 5.74) is -0.581. The highest BCUT2D eigenvalue weighted by molar-refractivity contribution is 6.48. The van der Waals surface area contributed by atoms with Gasteiger partial charge in [-0.25, -0.2) is 9.59 Å². The van der Waals surface area contributed by atoms with Gasteiger partial charge in [-0.3, -0.25) is 4.90 Å². The molecule has 0 spiro atoms. The highest BCUT2D eigenvalue weighted by Crippen LogP contribution is 2.44. The molecular weight excluding hydrogens is 362 g/mol. The average Bonchev–Trinajstić information content (AvgIpc) is 2.91. The number of esters is 1. The number of nitrogens with zero attached hydrogens (tertiary/aromatic N) is 1. The van der Waals surface area contributed by atoms with Crippen LogP contribution in [0.4, 0.5) is 4.79 Å². The maximum absolute atomic E-state index is 12.8. The summed E-state index contributed by atoms with van der Waals surface area (Å²) < 4.78 is 16.8. The zero-order chi connectivity index (χ0) is 20.8. The van der Waals surface area contributed by atoms with E-state index in [1.807, 2.05) is 13.1 Å². The Bertz CT molecular complexity index is 581. The molecule has 6 nitrogen and oxygen atoms in total. The Hall–Kier alpha value is -1.60. The van der Waals surface area contributed by atoms with E-state index in [9.17, 15) is 9.59 Å². The van der Waals surface area contributed by atoms with Gasteiger partial charge < -0.3 is 13.9 Å². The van der Waals surface area contributed by atoms with Gasteiger partial charge in [0.15, 0.2) is 14.8 Å². The number of carbonyl (C=O) groups is 2. The lowest BCUT2D eigenvalue weighted by atomic mass is 9.79. The SMILES string of the molecule is C=CCOC(=O)N1C[C@@H](C(C)(C)C)C[C@@]1(/C=C(\C)C(=O)OCC)O[SiH](C)C. The molecule has 0 bridgehead atoms. The van der Waals surface area contributed by atoms with Crippen molar-refractivity contribution in [3.05, 3.63) is 24.3 Å². The van der Waals surface area contributed by atoms with Crippen LogP contribution < -0.4 is 0 Å². The Kier molecular flexibility index (Phi) is 8.29. The van der Waals surface area contributed by atoms with Crippen molar-refractivity contribution in [1.82, 2.24) is 4.90 Å². The Morgan fingerprint density at radius 3 is 2.41 bits per heavy atom. The van der Waals surface area contributed by atoms with Crippen LogP contribution in [0.15, 0.2) is 24.3 Å². The van der Waals surface area contributed by atoms with Crippen LogP contribution in [0.3, 0.4) is 0 Å². The van der Waals surface area contributed by atoms with Gasteiger partial charge in [-0.05, 0) is 44.4 Å². The van der Waals surface area contributed by atoms with E-state index in [1.54, 1.807) is 24.8 Å². The fraction of sp³-hybridized carbons (Fsp3) is 0.700. The molecule has 0 aliphatic carbocycles. The number of carbonyl (C=O) groups excluding carboxylic acids is 2. The lowest BCUT2D eigenvalue weighted by Crippen LogP contribution is -2.50. The quantitative estimate of drug-likeness (QED) is 0.282. The lowest BCUT2D eigenvalue weighted by molar-refractivity contribution is -0.138. The van der Waals surface area contributed by atoms with Gasteiger partial charge in [-0.2, -0.15) is 0 Å². The van der Waals surface area contributed by atoms with Crippen LogP contribution in [0.5, 0.6) is 0 Å². The summed E-state index contributed by atoms with van der Waals surface area (Å²) in [6.45, 7) is 18.5. The zero-order valence-electron chi connectivity index (χ0n) is 17.8. The van der Waals surface area contributed by atoms with Gasteiger partial charge >= 0.3 is 12.1 Å². The summed E-state index contributed by atoms with van der Waals surface area (Å²) in [7, 11) is -1.55. The Labute approximate surface area is 165 Å². The first-order valence-electron chi connectivity index (χ1n) is 9.56. The predicted molar refractivity (Wildman–Crippen MR) is 109 cm³/mol. The van der Waals surface area contributed by atoms with Crippen molar-refractivity contribution in [3.8, 4) is 0 Å². The molecule has 0 radical (unpaired) electrons. The predicted octanol–water partition coefficient (Wildman–Crippen LogP) is 3.88. The van der Waals surface area contributed by atoms with Crippen molar-refractivity contribution in [2.75, 3.05) is 19.8 Å². The standard InChI is InChI=1S/C20H35NO5Si/c1-9-11-25-18(23)21-14-16(19(4,5)6)13-20(21,26-27(7)8)12-15(3)17(22)24-10-2/h9,12,16,27H,1,10-11,13-14H2,2-8H3/b15-12+/t16-,20+/m0/s1. The zero-order valence-corrected chi connectivity index (χ0v) is 19.0. The van der Waals surface area contributed by atoms with Crippen LogP contribution in [-0.2, 0) is 18.7 Å². The van der Waals surface area contributed by atoms with Crippen molar-refractivity contribution in [1.29, 1.82) is 0 Å². The molecule has 1 amide bonds. The normalized spacial score (nSPS) is 23.5. The van der Waals surface area contributed by atoms with Crippen LogP contribution in [-0.4, -0.2) is 51.5 Å². The molecule has 1 heterocycles. The van der Waals surface area contributed by atoms with Crippen LogP contribution in [0.2, 0.25) is 13.1 Å². The molecule has 1 aliphatic rings. The minimum Gasteiger partial charge on any atom is -0.463 e. The molecule has 0 aromatic carbocycles. The monoisotopic (exact) mass is 397 g/mol. The average molecular weight is 398 g/mol. The lowest BCUT2D eigenvalue weighted by Gasteiger charge is -2.37. The molecule has 1 rings (SSSR count). The number of hydrogen-bond donors (Lipinski definition) is 0. The second kappa shape index (κ2) is 9.55. The minimum absolute atomic E-state index is 0.0215. The minimum atomic E-state index is -1.55. The Morgan fingerprint density at radius 1 is 1.30 bits per heavy atom. The first kappa shape index (κ1) is 23.4. The van der Waals surface area contributed by atoms with Crippen molar-refractivity contribution < 1.29 is 23.5 Å². The summed E-state index contributed by atoms with van der Waals surface area (Å²) in [4.78, 5) is 26.6. The van der Waals surface area contributed by atoms with E-state index >= 15 is 0 Å². The van der Waals surface area contributed by atoms with Gasteiger partial charge in [0.2, 0.25) is 0 Å². The molecule has 0 N–H and O–H groups in total. The first-order valence-corrected chi connectivity index (χ1v) is 12.3. The summed E-state index contributed by atoms with van der Waals surface area (Å²) in [6.07, 6.45) is 3.44. The molecule has 0 unspecified atom stereocenters. The summed E-state index contributed by atoms with van der Waals surface area (Å²) in [6, 6.07) is 0. The summed E-state index contributed by atoms with van der Waals surface area (Å²) in [5, 5.41) is 0. The fourth-order valence-electron chi connectivity index (χ4n) is 3.25. The van der Waals surface area contributed by atoms with Gasteiger partial charge in [-0.1, -0.05) is 33.4 Å². The summed E-state index contributed by atoms with van der Waals surface area (Å²) >= 11 is 0. The smallest absolute Gasteiger partial charge is 0.412 e. The first-order chi connectivity index (χ1) is 12.5. The largest absolute Gasteiger partial charge is 0.463 e. The maximum Gasteiger partial charge on any atom is 0.412 e. The number of hydrogen-bond acceptors (Lipinski definition) is 5. The summed E-state index contributed by atoms with van der Waals surface area (Å²) in [5.74, 6) is -0.197. The molecule has 7 heteroatoms. The molecule has 1 saturated heterocycles. The van der Waals surface area contributed by atoms with E-state index in [4.69, 9.17) is 13.9 Å². The van der Waals surface area contributed by atoms with Crippen LogP contribution in [0, 0.1) is 11.3 Å². The van der Waals surface area contributed by atoms with Crippen molar-refractivity contribution >= 4 is 21.1 Å².